The van der Waals surface area contributed by atoms with E-state index in [-0.39, 0.29) is 12.4 Å². The Labute approximate surface area is 169 Å². The molecule has 0 radical (unpaired) electrons. The van der Waals surface area contributed by atoms with Gasteiger partial charge in [-0.25, -0.2) is 9.18 Å². The van der Waals surface area contributed by atoms with Gasteiger partial charge in [0.05, 0.1) is 6.61 Å². The topological polar surface area (TPSA) is 44.8 Å². The Hall–Kier alpha value is -3.34. The SMILES string of the molecule is CCOc1ccc(-c2ccc(OC(C)C(=O)OCc3ccccc3)cc2)cc1F. The van der Waals surface area contributed by atoms with Crippen LogP contribution in [0.3, 0.4) is 0 Å². The number of benzene rings is 3. The predicted octanol–water partition coefficient (Wildman–Crippen LogP) is 5.40. The Morgan fingerprint density at radius 3 is 2.31 bits per heavy atom. The van der Waals surface area contributed by atoms with Crippen LogP contribution in [0.4, 0.5) is 4.39 Å². The minimum Gasteiger partial charge on any atom is -0.491 e. The van der Waals surface area contributed by atoms with Crippen LogP contribution >= 0.6 is 0 Å². The second-order valence-corrected chi connectivity index (χ2v) is 6.46. The number of hydrogen-bond donors (Lipinski definition) is 0. The molecule has 4 nitrogen and oxygen atoms in total. The summed E-state index contributed by atoms with van der Waals surface area (Å²) in [4.78, 5) is 12.1. The average Bonchev–Trinajstić information content (AvgIpc) is 2.75. The van der Waals surface area contributed by atoms with Crippen LogP contribution in [0.15, 0.2) is 72.8 Å². The highest BCUT2D eigenvalue weighted by Crippen LogP contribution is 2.27. The maximum atomic E-state index is 14.1. The zero-order chi connectivity index (χ0) is 20.6. The van der Waals surface area contributed by atoms with E-state index < -0.39 is 17.9 Å². The Bertz CT molecular complexity index is 939. The fraction of sp³-hybridized carbons (Fsp3) is 0.208. The van der Waals surface area contributed by atoms with Crippen molar-refractivity contribution in [2.45, 2.75) is 26.6 Å². The molecule has 5 heteroatoms. The maximum absolute atomic E-state index is 14.1. The van der Waals surface area contributed by atoms with Crippen molar-refractivity contribution in [2.24, 2.45) is 0 Å². The normalized spacial score (nSPS) is 11.6. The van der Waals surface area contributed by atoms with E-state index in [1.165, 1.54) is 6.07 Å². The van der Waals surface area contributed by atoms with Crippen molar-refractivity contribution >= 4 is 5.97 Å². The molecule has 1 atom stereocenters. The molecule has 0 spiro atoms. The predicted molar refractivity (Wildman–Crippen MR) is 109 cm³/mol. The molecule has 0 saturated carbocycles. The van der Waals surface area contributed by atoms with Gasteiger partial charge in [0.15, 0.2) is 17.7 Å². The van der Waals surface area contributed by atoms with Crippen molar-refractivity contribution in [3.05, 3.63) is 84.2 Å². The molecule has 0 saturated heterocycles. The fourth-order valence-electron chi connectivity index (χ4n) is 2.78. The summed E-state index contributed by atoms with van der Waals surface area (Å²) in [5.74, 6) is -0.0747. The molecule has 3 rings (SSSR count). The van der Waals surface area contributed by atoms with Crippen molar-refractivity contribution < 1.29 is 23.4 Å². The van der Waals surface area contributed by atoms with Crippen molar-refractivity contribution in [2.75, 3.05) is 6.61 Å². The van der Waals surface area contributed by atoms with Crippen LogP contribution in [0.25, 0.3) is 11.1 Å². The Morgan fingerprint density at radius 1 is 0.966 bits per heavy atom. The second kappa shape index (κ2) is 9.73. The molecule has 0 amide bonds. The summed E-state index contributed by atoms with van der Waals surface area (Å²) in [6.45, 7) is 4.07. The molecule has 0 N–H and O–H groups in total. The molecule has 0 aromatic heterocycles. The van der Waals surface area contributed by atoms with Gasteiger partial charge in [-0.3, -0.25) is 0 Å². The quantitative estimate of drug-likeness (QED) is 0.480. The molecule has 0 heterocycles. The molecule has 0 bridgehead atoms. The zero-order valence-corrected chi connectivity index (χ0v) is 16.4. The van der Waals surface area contributed by atoms with E-state index in [2.05, 4.69) is 0 Å². The van der Waals surface area contributed by atoms with Gasteiger partial charge in [0.2, 0.25) is 0 Å². The van der Waals surface area contributed by atoms with Gasteiger partial charge in [-0.15, -0.1) is 0 Å². The summed E-state index contributed by atoms with van der Waals surface area (Å²) in [6.07, 6.45) is -0.743. The van der Waals surface area contributed by atoms with E-state index >= 15 is 0 Å². The first-order valence-electron chi connectivity index (χ1n) is 9.47. The molecule has 29 heavy (non-hydrogen) atoms. The lowest BCUT2D eigenvalue weighted by molar-refractivity contribution is -0.152. The molecular weight excluding hydrogens is 371 g/mol. The largest absolute Gasteiger partial charge is 0.491 e. The van der Waals surface area contributed by atoms with Crippen LogP contribution in [0.1, 0.15) is 19.4 Å². The number of carbonyl (C=O) groups is 1. The lowest BCUT2D eigenvalue weighted by Crippen LogP contribution is -2.26. The third-order valence-electron chi connectivity index (χ3n) is 4.29. The molecule has 0 aliphatic heterocycles. The molecule has 3 aromatic carbocycles. The summed E-state index contributed by atoms with van der Waals surface area (Å²) in [6, 6.07) is 21.4. The van der Waals surface area contributed by atoms with Crippen LogP contribution in [-0.4, -0.2) is 18.7 Å². The van der Waals surface area contributed by atoms with Gasteiger partial charge in [-0.2, -0.15) is 0 Å². The minimum atomic E-state index is -0.743. The molecule has 150 valence electrons. The number of halogens is 1. The monoisotopic (exact) mass is 394 g/mol. The summed E-state index contributed by atoms with van der Waals surface area (Å²) < 4.78 is 30.2. The molecule has 0 aliphatic carbocycles. The lowest BCUT2D eigenvalue weighted by atomic mass is 10.1. The first-order valence-corrected chi connectivity index (χ1v) is 9.47. The number of esters is 1. The van der Waals surface area contributed by atoms with Gasteiger partial charge in [0.25, 0.3) is 0 Å². The first-order chi connectivity index (χ1) is 14.1. The van der Waals surface area contributed by atoms with E-state index in [0.717, 1.165) is 16.7 Å². The highest BCUT2D eigenvalue weighted by Gasteiger charge is 2.16. The molecular formula is C24H23FO4. The molecule has 1 unspecified atom stereocenters. The molecule has 0 fully saturated rings. The summed E-state index contributed by atoms with van der Waals surface area (Å²) >= 11 is 0. The highest BCUT2D eigenvalue weighted by molar-refractivity contribution is 5.74. The molecule has 3 aromatic rings. The van der Waals surface area contributed by atoms with Crippen LogP contribution in [-0.2, 0) is 16.1 Å². The second-order valence-electron chi connectivity index (χ2n) is 6.46. The van der Waals surface area contributed by atoms with E-state index in [4.69, 9.17) is 14.2 Å². The van der Waals surface area contributed by atoms with E-state index in [0.29, 0.717) is 12.4 Å². The third kappa shape index (κ3) is 5.57. The standard InChI is InChI=1S/C24H23FO4/c1-3-27-23-14-11-20(15-22(23)25)19-9-12-21(13-10-19)29-17(2)24(26)28-16-18-7-5-4-6-8-18/h4-15,17H,3,16H2,1-2H3. The minimum absolute atomic E-state index is 0.204. The lowest BCUT2D eigenvalue weighted by Gasteiger charge is -2.14. The Balaban J connectivity index is 1.58. The van der Waals surface area contributed by atoms with Gasteiger partial charge >= 0.3 is 5.97 Å². The fourth-order valence-corrected chi connectivity index (χ4v) is 2.78. The van der Waals surface area contributed by atoms with Crippen molar-refractivity contribution in [1.82, 2.24) is 0 Å². The van der Waals surface area contributed by atoms with Crippen molar-refractivity contribution in [3.8, 4) is 22.6 Å². The summed E-state index contributed by atoms with van der Waals surface area (Å²) in [5, 5.41) is 0. The Kier molecular flexibility index (Phi) is 6.85. The van der Waals surface area contributed by atoms with E-state index in [9.17, 15) is 9.18 Å². The van der Waals surface area contributed by atoms with Crippen molar-refractivity contribution in [1.29, 1.82) is 0 Å². The number of ether oxygens (including phenoxy) is 3. The van der Waals surface area contributed by atoms with Crippen LogP contribution < -0.4 is 9.47 Å². The summed E-state index contributed by atoms with van der Waals surface area (Å²) in [7, 11) is 0. The summed E-state index contributed by atoms with van der Waals surface area (Å²) in [5.41, 5.74) is 2.48. The molecule has 0 aliphatic rings. The third-order valence-corrected chi connectivity index (χ3v) is 4.29. The number of hydrogen-bond acceptors (Lipinski definition) is 4. The van der Waals surface area contributed by atoms with Gasteiger partial charge in [0.1, 0.15) is 12.4 Å². The van der Waals surface area contributed by atoms with Crippen LogP contribution in [0, 0.1) is 5.82 Å². The van der Waals surface area contributed by atoms with Gasteiger partial charge in [0, 0.05) is 0 Å². The van der Waals surface area contributed by atoms with Gasteiger partial charge < -0.3 is 14.2 Å². The zero-order valence-electron chi connectivity index (χ0n) is 16.4. The Morgan fingerprint density at radius 2 is 1.66 bits per heavy atom. The smallest absolute Gasteiger partial charge is 0.347 e. The van der Waals surface area contributed by atoms with Crippen LogP contribution in [0.2, 0.25) is 0 Å². The number of rotatable bonds is 8. The van der Waals surface area contributed by atoms with Gasteiger partial charge in [-0.1, -0.05) is 48.5 Å². The maximum Gasteiger partial charge on any atom is 0.347 e. The van der Waals surface area contributed by atoms with E-state index in [1.807, 2.05) is 49.4 Å². The van der Waals surface area contributed by atoms with E-state index in [1.54, 1.807) is 31.2 Å². The van der Waals surface area contributed by atoms with Crippen LogP contribution in [0.5, 0.6) is 11.5 Å². The van der Waals surface area contributed by atoms with Crippen molar-refractivity contribution in [3.63, 3.8) is 0 Å². The average molecular weight is 394 g/mol. The highest BCUT2D eigenvalue weighted by atomic mass is 19.1. The first kappa shape index (κ1) is 20.4. The number of carbonyl (C=O) groups excluding carboxylic acids is 1. The van der Waals surface area contributed by atoms with Gasteiger partial charge in [-0.05, 0) is 54.8 Å².